The minimum absolute atomic E-state index is 0.0134. The molecule has 0 aliphatic heterocycles. The molecule has 3 saturated carbocycles. The van der Waals surface area contributed by atoms with Crippen LogP contribution in [-0.2, 0) is 4.74 Å². The van der Waals surface area contributed by atoms with E-state index in [-0.39, 0.29) is 12.2 Å². The van der Waals surface area contributed by atoms with Crippen molar-refractivity contribution in [1.82, 2.24) is 4.90 Å². The average molecular weight is 389 g/mol. The Morgan fingerprint density at radius 3 is 2.57 bits per heavy atom. The molecular weight excluding hydrogens is 352 g/mol. The lowest BCUT2D eigenvalue weighted by Gasteiger charge is -2.50. The second-order valence-electron chi connectivity index (χ2n) is 8.56. The number of carbonyl (C=O) groups is 1. The van der Waals surface area contributed by atoms with Crippen molar-refractivity contribution in [3.8, 4) is 5.75 Å². The monoisotopic (exact) mass is 388 g/mol. The molecule has 156 valence electrons. The number of hydrogen-bond donors (Lipinski definition) is 1. The van der Waals surface area contributed by atoms with Gasteiger partial charge in [0.1, 0.15) is 11.9 Å². The van der Waals surface area contributed by atoms with Gasteiger partial charge in [-0.3, -0.25) is 5.32 Å². The van der Waals surface area contributed by atoms with Gasteiger partial charge in [0, 0.05) is 17.8 Å². The quantitative estimate of drug-likeness (QED) is 0.582. The first kappa shape index (κ1) is 21.0. The third-order valence-electron chi connectivity index (χ3n) is 6.29. The molecule has 4 rings (SSSR count). The Hall–Kier alpha value is -1.75. The van der Waals surface area contributed by atoms with Gasteiger partial charge in [-0.25, -0.2) is 4.79 Å². The lowest BCUT2D eigenvalue weighted by molar-refractivity contribution is -0.0703. The lowest BCUT2D eigenvalue weighted by Crippen LogP contribution is -2.56. The van der Waals surface area contributed by atoms with E-state index < -0.39 is 0 Å². The summed E-state index contributed by atoms with van der Waals surface area (Å²) in [5.74, 6) is 1.92. The zero-order valence-corrected chi connectivity index (χ0v) is 17.7. The molecule has 0 unspecified atom stereocenters. The first-order valence-corrected chi connectivity index (χ1v) is 11.0. The number of rotatable bonds is 9. The molecule has 0 heterocycles. The molecule has 5 heteroatoms. The van der Waals surface area contributed by atoms with Gasteiger partial charge in [0.05, 0.1) is 6.61 Å². The summed E-state index contributed by atoms with van der Waals surface area (Å²) in [6, 6.07) is 7.91. The van der Waals surface area contributed by atoms with E-state index >= 15 is 0 Å². The van der Waals surface area contributed by atoms with Crippen LogP contribution in [0, 0.1) is 11.8 Å². The van der Waals surface area contributed by atoms with Crippen LogP contribution in [0.15, 0.2) is 24.3 Å². The van der Waals surface area contributed by atoms with Crippen LogP contribution in [-0.4, -0.2) is 43.8 Å². The molecule has 2 bridgehead atoms. The zero-order valence-electron chi connectivity index (χ0n) is 17.7. The van der Waals surface area contributed by atoms with Gasteiger partial charge in [0.15, 0.2) is 0 Å². The summed E-state index contributed by atoms with van der Waals surface area (Å²) in [6.45, 7) is 2.91. The molecule has 3 aliphatic carbocycles. The highest BCUT2D eigenvalue weighted by Gasteiger charge is 2.46. The number of nitrogens with one attached hydrogen (secondary N) is 1. The van der Waals surface area contributed by atoms with Crippen LogP contribution in [0.1, 0.15) is 58.3 Å². The van der Waals surface area contributed by atoms with Crippen LogP contribution in [0.2, 0.25) is 0 Å². The number of hydrogen-bond acceptors (Lipinski definition) is 4. The fraction of sp³-hybridized carbons (Fsp3) is 0.696. The van der Waals surface area contributed by atoms with E-state index in [9.17, 15) is 4.79 Å². The van der Waals surface area contributed by atoms with Gasteiger partial charge >= 0.3 is 6.09 Å². The molecular formula is C23H36N2O3. The van der Waals surface area contributed by atoms with Crippen molar-refractivity contribution in [3.63, 3.8) is 0 Å². The Morgan fingerprint density at radius 1 is 1.11 bits per heavy atom. The molecule has 0 saturated heterocycles. The molecule has 0 spiro atoms. The van der Waals surface area contributed by atoms with E-state index in [1.54, 1.807) is 0 Å². The lowest BCUT2D eigenvalue weighted by atomic mass is 9.65. The maximum Gasteiger partial charge on any atom is 0.411 e. The van der Waals surface area contributed by atoms with Crippen LogP contribution in [0.25, 0.3) is 0 Å². The first-order chi connectivity index (χ1) is 13.6. The predicted octanol–water partition coefficient (Wildman–Crippen LogP) is 5.31. The molecule has 2 atom stereocenters. The number of nitrogens with zero attached hydrogens (tertiary/aromatic N) is 1. The number of unbranched alkanes of at least 4 members (excludes halogenated alkanes) is 3. The second kappa shape index (κ2) is 10.1. The van der Waals surface area contributed by atoms with E-state index in [1.165, 1.54) is 44.9 Å². The number of ether oxygens (including phenoxy) is 2. The summed E-state index contributed by atoms with van der Waals surface area (Å²) in [5.41, 5.74) is 0.721. The highest BCUT2D eigenvalue weighted by atomic mass is 16.6. The van der Waals surface area contributed by atoms with Crippen molar-refractivity contribution in [3.05, 3.63) is 24.3 Å². The van der Waals surface area contributed by atoms with E-state index in [4.69, 9.17) is 9.47 Å². The number of amides is 1. The Labute approximate surface area is 169 Å². The fourth-order valence-electron chi connectivity index (χ4n) is 4.90. The van der Waals surface area contributed by atoms with Crippen molar-refractivity contribution in [2.75, 3.05) is 26.0 Å². The summed E-state index contributed by atoms with van der Waals surface area (Å²) in [6.07, 6.45) is 9.21. The smallest absolute Gasteiger partial charge is 0.411 e. The van der Waals surface area contributed by atoms with E-state index in [0.29, 0.717) is 24.5 Å². The third-order valence-corrected chi connectivity index (χ3v) is 6.29. The van der Waals surface area contributed by atoms with Gasteiger partial charge in [-0.15, -0.1) is 0 Å². The van der Waals surface area contributed by atoms with E-state index in [1.807, 2.05) is 24.3 Å². The van der Waals surface area contributed by atoms with Gasteiger partial charge in [0.2, 0.25) is 0 Å². The second-order valence-corrected chi connectivity index (χ2v) is 8.56. The summed E-state index contributed by atoms with van der Waals surface area (Å²) in [5, 5.41) is 2.90. The Morgan fingerprint density at radius 2 is 1.86 bits per heavy atom. The third kappa shape index (κ3) is 5.40. The average Bonchev–Trinajstić information content (AvgIpc) is 2.68. The standard InChI is InChI=1S/C23H36N2O3/c1-4-5-6-7-15-27-20-10-8-9-19(16-20)24-23(26)28-22-18-13-11-17(12-14-18)21(22)25(2)3/h8-10,16-18,21-22H,4-7,11-15H2,1-3H3,(H,24,26)/t17?,18?,21-,22-/m0/s1. The SMILES string of the molecule is CCCCCCOc1cccc(NC(=O)O[C@H]2C3CCC(CC3)[C@@H]2N(C)C)c1. The minimum Gasteiger partial charge on any atom is -0.494 e. The number of carbonyl (C=O) groups excluding carboxylic acids is 1. The van der Waals surface area contributed by atoms with Crippen LogP contribution in [0.3, 0.4) is 0 Å². The first-order valence-electron chi connectivity index (χ1n) is 11.0. The maximum absolute atomic E-state index is 12.6. The Bertz CT molecular complexity index is 626. The molecule has 0 radical (unpaired) electrons. The molecule has 5 nitrogen and oxygen atoms in total. The summed E-state index contributed by atoms with van der Waals surface area (Å²) in [4.78, 5) is 14.8. The Kier molecular flexibility index (Phi) is 7.60. The normalized spacial score (nSPS) is 26.3. The van der Waals surface area contributed by atoms with Crippen molar-refractivity contribution >= 4 is 11.8 Å². The molecule has 3 aliphatic rings. The van der Waals surface area contributed by atoms with E-state index in [2.05, 4.69) is 31.2 Å². The zero-order chi connectivity index (χ0) is 19.9. The van der Waals surface area contributed by atoms with Crippen molar-refractivity contribution < 1.29 is 14.3 Å². The topological polar surface area (TPSA) is 50.8 Å². The van der Waals surface area contributed by atoms with Crippen LogP contribution >= 0.6 is 0 Å². The Balaban J connectivity index is 1.52. The summed E-state index contributed by atoms with van der Waals surface area (Å²) < 4.78 is 11.8. The van der Waals surface area contributed by atoms with E-state index in [0.717, 1.165) is 17.9 Å². The molecule has 1 aromatic carbocycles. The van der Waals surface area contributed by atoms with Crippen LogP contribution in [0.4, 0.5) is 10.5 Å². The summed E-state index contributed by atoms with van der Waals surface area (Å²) in [7, 11) is 4.20. The van der Waals surface area contributed by atoms with Crippen molar-refractivity contribution in [2.24, 2.45) is 11.8 Å². The molecule has 1 aromatic rings. The van der Waals surface area contributed by atoms with Gasteiger partial charge in [0.25, 0.3) is 0 Å². The predicted molar refractivity (Wildman–Crippen MR) is 113 cm³/mol. The number of benzene rings is 1. The molecule has 28 heavy (non-hydrogen) atoms. The number of likely N-dealkylation sites (N-methyl/N-ethyl adjacent to an activating group) is 1. The molecule has 1 amide bonds. The van der Waals surface area contributed by atoms with Crippen molar-refractivity contribution in [2.45, 2.75) is 70.4 Å². The number of anilines is 1. The molecule has 0 aromatic heterocycles. The number of fused-ring (bicyclic) bond motifs is 3. The van der Waals surface area contributed by atoms with Gasteiger partial charge in [-0.1, -0.05) is 32.3 Å². The highest BCUT2D eigenvalue weighted by molar-refractivity contribution is 5.85. The summed E-state index contributed by atoms with van der Waals surface area (Å²) >= 11 is 0. The van der Waals surface area contributed by atoms with Crippen LogP contribution < -0.4 is 10.1 Å². The molecule has 1 N–H and O–H groups in total. The fourth-order valence-corrected chi connectivity index (χ4v) is 4.90. The van der Waals surface area contributed by atoms with Gasteiger partial charge < -0.3 is 14.4 Å². The van der Waals surface area contributed by atoms with Crippen LogP contribution in [0.5, 0.6) is 5.75 Å². The highest BCUT2D eigenvalue weighted by Crippen LogP contribution is 2.44. The maximum atomic E-state index is 12.6. The largest absolute Gasteiger partial charge is 0.494 e. The molecule has 3 fully saturated rings. The minimum atomic E-state index is -0.357. The van der Waals surface area contributed by atoms with Gasteiger partial charge in [-0.2, -0.15) is 0 Å². The van der Waals surface area contributed by atoms with Crippen molar-refractivity contribution in [1.29, 1.82) is 0 Å². The van der Waals surface area contributed by atoms with Gasteiger partial charge in [-0.05, 0) is 70.2 Å².